The third-order valence-corrected chi connectivity index (χ3v) is 4.27. The Morgan fingerprint density at radius 2 is 2.12 bits per heavy atom. The van der Waals surface area contributed by atoms with Gasteiger partial charge in [0.15, 0.2) is 0 Å². The largest absolute Gasteiger partial charge is 0.378 e. The van der Waals surface area contributed by atoms with Crippen LogP contribution in [-0.2, 0) is 4.74 Å². The van der Waals surface area contributed by atoms with E-state index in [2.05, 4.69) is 24.2 Å². The van der Waals surface area contributed by atoms with Crippen LogP contribution in [0, 0.1) is 0 Å². The van der Waals surface area contributed by atoms with E-state index in [0.29, 0.717) is 12.1 Å². The lowest BCUT2D eigenvalue weighted by molar-refractivity contribution is -0.0437. The fourth-order valence-electron chi connectivity index (χ4n) is 3.30. The van der Waals surface area contributed by atoms with E-state index in [9.17, 15) is 0 Å². The molecule has 2 fully saturated rings. The smallest absolute Gasteiger partial charge is 0.0622 e. The van der Waals surface area contributed by atoms with Gasteiger partial charge in [-0.3, -0.25) is 4.90 Å². The Morgan fingerprint density at radius 1 is 1.31 bits per heavy atom. The van der Waals surface area contributed by atoms with Gasteiger partial charge in [-0.1, -0.05) is 19.8 Å². The maximum absolute atomic E-state index is 5.60. The molecule has 0 bridgehead atoms. The maximum atomic E-state index is 5.60. The van der Waals surface area contributed by atoms with Crippen molar-refractivity contribution in [1.82, 2.24) is 10.2 Å². The summed E-state index contributed by atoms with van der Waals surface area (Å²) in [5.41, 5.74) is 0. The lowest BCUT2D eigenvalue weighted by atomic mass is 9.88. The molecule has 16 heavy (non-hydrogen) atoms. The molecule has 3 atom stereocenters. The Balaban J connectivity index is 2.01. The minimum Gasteiger partial charge on any atom is -0.378 e. The van der Waals surface area contributed by atoms with Gasteiger partial charge in [-0.25, -0.2) is 0 Å². The predicted octanol–water partition coefficient (Wildman–Crippen LogP) is 1.63. The molecule has 94 valence electrons. The second kappa shape index (κ2) is 5.99. The molecule has 3 nitrogen and oxygen atoms in total. The highest BCUT2D eigenvalue weighted by Gasteiger charge is 2.34. The van der Waals surface area contributed by atoms with Crippen molar-refractivity contribution in [2.24, 2.45) is 0 Å². The first-order valence-electron chi connectivity index (χ1n) is 6.87. The molecule has 1 saturated heterocycles. The first-order chi connectivity index (χ1) is 7.86. The van der Waals surface area contributed by atoms with Gasteiger partial charge < -0.3 is 10.1 Å². The van der Waals surface area contributed by atoms with E-state index in [1.54, 1.807) is 0 Å². The molecule has 0 aromatic rings. The van der Waals surface area contributed by atoms with E-state index < -0.39 is 0 Å². The summed E-state index contributed by atoms with van der Waals surface area (Å²) in [5.74, 6) is 0. The molecular formula is C13H26N2O. The van der Waals surface area contributed by atoms with Crippen molar-refractivity contribution < 1.29 is 4.74 Å². The molecular weight excluding hydrogens is 200 g/mol. The second-order valence-electron chi connectivity index (χ2n) is 5.12. The summed E-state index contributed by atoms with van der Waals surface area (Å²) in [5, 5.41) is 3.51. The van der Waals surface area contributed by atoms with Crippen LogP contribution in [0.25, 0.3) is 0 Å². The number of nitrogens with one attached hydrogen (secondary N) is 1. The molecule has 1 aliphatic heterocycles. The molecule has 0 aromatic carbocycles. The molecule has 0 spiro atoms. The Hall–Kier alpha value is -0.120. The molecule has 2 aliphatic rings. The number of likely N-dealkylation sites (N-methyl/N-ethyl adjacent to an activating group) is 1. The topological polar surface area (TPSA) is 24.5 Å². The van der Waals surface area contributed by atoms with Gasteiger partial charge in [-0.15, -0.1) is 0 Å². The van der Waals surface area contributed by atoms with Gasteiger partial charge in [0, 0.05) is 24.7 Å². The van der Waals surface area contributed by atoms with Crippen molar-refractivity contribution in [3.8, 4) is 0 Å². The van der Waals surface area contributed by atoms with Gasteiger partial charge in [0.25, 0.3) is 0 Å². The predicted molar refractivity (Wildman–Crippen MR) is 66.7 cm³/mol. The average molecular weight is 226 g/mol. The molecule has 3 heteroatoms. The number of ether oxygens (including phenoxy) is 1. The zero-order chi connectivity index (χ0) is 11.4. The minimum absolute atomic E-state index is 0.646. The lowest BCUT2D eigenvalue weighted by Crippen LogP contribution is -2.58. The minimum atomic E-state index is 0.646. The highest BCUT2D eigenvalue weighted by atomic mass is 16.5. The molecule has 0 radical (unpaired) electrons. The highest BCUT2D eigenvalue weighted by molar-refractivity contribution is 4.91. The lowest BCUT2D eigenvalue weighted by Gasteiger charge is -2.45. The van der Waals surface area contributed by atoms with Crippen molar-refractivity contribution in [3.63, 3.8) is 0 Å². The van der Waals surface area contributed by atoms with Gasteiger partial charge in [-0.05, 0) is 26.3 Å². The second-order valence-corrected chi connectivity index (χ2v) is 5.12. The molecule has 1 saturated carbocycles. The van der Waals surface area contributed by atoms with E-state index in [1.807, 2.05) is 0 Å². The van der Waals surface area contributed by atoms with Gasteiger partial charge in [0.2, 0.25) is 0 Å². The zero-order valence-electron chi connectivity index (χ0n) is 10.7. The van der Waals surface area contributed by atoms with Crippen molar-refractivity contribution in [3.05, 3.63) is 0 Å². The van der Waals surface area contributed by atoms with Crippen molar-refractivity contribution in [2.45, 2.75) is 57.2 Å². The summed E-state index contributed by atoms with van der Waals surface area (Å²) in [7, 11) is 2.12. The van der Waals surface area contributed by atoms with E-state index in [-0.39, 0.29) is 0 Å². The molecule has 0 aromatic heterocycles. The van der Waals surface area contributed by atoms with Crippen LogP contribution in [0.15, 0.2) is 0 Å². The SMILES string of the molecule is CCC1COCCN1C1CCCCC1NC. The first kappa shape index (κ1) is 12.3. The summed E-state index contributed by atoms with van der Waals surface area (Å²) < 4.78 is 5.60. The van der Waals surface area contributed by atoms with Crippen LogP contribution in [0.2, 0.25) is 0 Å². The quantitative estimate of drug-likeness (QED) is 0.791. The number of rotatable bonds is 3. The molecule has 1 heterocycles. The summed E-state index contributed by atoms with van der Waals surface area (Å²) in [6, 6.07) is 2.08. The monoisotopic (exact) mass is 226 g/mol. The van der Waals surface area contributed by atoms with Crippen LogP contribution in [0.1, 0.15) is 39.0 Å². The third-order valence-electron chi connectivity index (χ3n) is 4.27. The Morgan fingerprint density at radius 3 is 2.88 bits per heavy atom. The van der Waals surface area contributed by atoms with E-state index in [4.69, 9.17) is 4.74 Å². The maximum Gasteiger partial charge on any atom is 0.0622 e. The molecule has 1 aliphatic carbocycles. The molecule has 0 amide bonds. The number of hydrogen-bond acceptors (Lipinski definition) is 3. The van der Waals surface area contributed by atoms with Crippen LogP contribution >= 0.6 is 0 Å². The normalized spacial score (nSPS) is 37.5. The van der Waals surface area contributed by atoms with Crippen molar-refractivity contribution >= 4 is 0 Å². The van der Waals surface area contributed by atoms with Gasteiger partial charge in [0.1, 0.15) is 0 Å². The van der Waals surface area contributed by atoms with Crippen LogP contribution in [0.5, 0.6) is 0 Å². The first-order valence-corrected chi connectivity index (χ1v) is 6.87. The number of nitrogens with zero attached hydrogens (tertiary/aromatic N) is 1. The third kappa shape index (κ3) is 2.58. The van der Waals surface area contributed by atoms with E-state index in [1.165, 1.54) is 32.1 Å². The summed E-state index contributed by atoms with van der Waals surface area (Å²) in [6.45, 7) is 5.26. The van der Waals surface area contributed by atoms with Crippen LogP contribution in [0.4, 0.5) is 0 Å². The molecule has 1 N–H and O–H groups in total. The number of hydrogen-bond donors (Lipinski definition) is 1. The Bertz CT molecular complexity index is 188. The van der Waals surface area contributed by atoms with Crippen molar-refractivity contribution in [2.75, 3.05) is 26.8 Å². The van der Waals surface area contributed by atoms with Crippen LogP contribution < -0.4 is 5.32 Å². The van der Waals surface area contributed by atoms with Crippen LogP contribution in [0.3, 0.4) is 0 Å². The summed E-state index contributed by atoms with van der Waals surface area (Å²) >= 11 is 0. The van der Waals surface area contributed by atoms with Crippen molar-refractivity contribution in [1.29, 1.82) is 0 Å². The summed E-state index contributed by atoms with van der Waals surface area (Å²) in [6.07, 6.45) is 6.71. The standard InChI is InChI=1S/C13H26N2O/c1-3-11-10-16-9-8-15(11)13-7-5-4-6-12(13)14-2/h11-14H,3-10H2,1-2H3. The fraction of sp³-hybridized carbons (Fsp3) is 1.00. The molecule has 3 unspecified atom stereocenters. The highest BCUT2D eigenvalue weighted by Crippen LogP contribution is 2.26. The fourth-order valence-corrected chi connectivity index (χ4v) is 3.30. The average Bonchev–Trinajstić information content (AvgIpc) is 2.38. The zero-order valence-corrected chi connectivity index (χ0v) is 10.7. The summed E-state index contributed by atoms with van der Waals surface area (Å²) in [4.78, 5) is 2.71. The van der Waals surface area contributed by atoms with Gasteiger partial charge in [-0.2, -0.15) is 0 Å². The van der Waals surface area contributed by atoms with E-state index in [0.717, 1.165) is 25.8 Å². The van der Waals surface area contributed by atoms with Gasteiger partial charge >= 0.3 is 0 Å². The van der Waals surface area contributed by atoms with E-state index >= 15 is 0 Å². The molecule has 2 rings (SSSR count). The Labute approximate surface area is 99.5 Å². The van der Waals surface area contributed by atoms with Crippen LogP contribution in [-0.4, -0.2) is 49.8 Å². The Kier molecular flexibility index (Phi) is 4.62. The number of morpholine rings is 1. The van der Waals surface area contributed by atoms with Gasteiger partial charge in [0.05, 0.1) is 13.2 Å².